The molecular formula is C14H12Cl2N2O2. The van der Waals surface area contributed by atoms with Crippen LogP contribution in [0.3, 0.4) is 0 Å². The maximum absolute atomic E-state index is 11.1. The van der Waals surface area contributed by atoms with E-state index in [-0.39, 0.29) is 0 Å². The Morgan fingerprint density at radius 3 is 2.05 bits per heavy atom. The first-order chi connectivity index (χ1) is 9.56. The lowest BCUT2D eigenvalue weighted by Gasteiger charge is -2.09. The zero-order chi connectivity index (χ0) is 14.5. The molecule has 0 atom stereocenters. The standard InChI is InChI=1S/C14H12Cl2N2O2/c1-20-14(19)18-12-4-2-11(3-5-12)17-13-7-9(15)6-10(16)8-13/h2-8,17H,1H3,(H,18,19). The second kappa shape index (κ2) is 6.50. The van der Waals surface area contributed by atoms with Crippen LogP contribution in [-0.2, 0) is 4.74 Å². The second-order valence-electron chi connectivity index (χ2n) is 3.98. The van der Waals surface area contributed by atoms with Crippen LogP contribution < -0.4 is 10.6 Å². The van der Waals surface area contributed by atoms with E-state index in [9.17, 15) is 4.79 Å². The van der Waals surface area contributed by atoms with Crippen molar-refractivity contribution in [1.29, 1.82) is 0 Å². The van der Waals surface area contributed by atoms with E-state index in [1.165, 1.54) is 7.11 Å². The lowest BCUT2D eigenvalue weighted by Crippen LogP contribution is -2.10. The van der Waals surface area contributed by atoms with E-state index in [1.807, 2.05) is 12.1 Å². The van der Waals surface area contributed by atoms with E-state index in [0.29, 0.717) is 15.7 Å². The van der Waals surface area contributed by atoms with Gasteiger partial charge >= 0.3 is 6.09 Å². The molecule has 2 N–H and O–H groups in total. The fraction of sp³-hybridized carbons (Fsp3) is 0.0714. The fourth-order valence-corrected chi connectivity index (χ4v) is 2.12. The topological polar surface area (TPSA) is 50.4 Å². The van der Waals surface area contributed by atoms with Crippen molar-refractivity contribution in [2.75, 3.05) is 17.7 Å². The van der Waals surface area contributed by atoms with Gasteiger partial charge < -0.3 is 10.1 Å². The summed E-state index contributed by atoms with van der Waals surface area (Å²) in [5, 5.41) is 6.86. The summed E-state index contributed by atoms with van der Waals surface area (Å²) in [4.78, 5) is 11.1. The van der Waals surface area contributed by atoms with Gasteiger partial charge in [0, 0.05) is 27.1 Å². The number of nitrogens with one attached hydrogen (secondary N) is 2. The summed E-state index contributed by atoms with van der Waals surface area (Å²) in [5.41, 5.74) is 2.28. The van der Waals surface area contributed by atoms with Crippen molar-refractivity contribution >= 4 is 46.4 Å². The molecule has 0 saturated carbocycles. The Morgan fingerprint density at radius 2 is 1.50 bits per heavy atom. The molecule has 2 rings (SSSR count). The average Bonchev–Trinajstić information content (AvgIpc) is 2.39. The number of halogens is 2. The van der Waals surface area contributed by atoms with Crippen LogP contribution >= 0.6 is 23.2 Å². The summed E-state index contributed by atoms with van der Waals surface area (Å²) < 4.78 is 4.51. The van der Waals surface area contributed by atoms with Crippen LogP contribution in [0, 0.1) is 0 Å². The minimum atomic E-state index is -0.507. The normalized spacial score (nSPS) is 9.95. The molecule has 4 nitrogen and oxygen atoms in total. The van der Waals surface area contributed by atoms with Crippen molar-refractivity contribution in [2.45, 2.75) is 0 Å². The quantitative estimate of drug-likeness (QED) is 0.846. The first kappa shape index (κ1) is 14.5. The molecule has 0 heterocycles. The molecule has 2 aromatic rings. The highest BCUT2D eigenvalue weighted by molar-refractivity contribution is 6.35. The highest BCUT2D eigenvalue weighted by Crippen LogP contribution is 2.25. The van der Waals surface area contributed by atoms with Crippen LogP contribution in [0.25, 0.3) is 0 Å². The highest BCUT2D eigenvalue weighted by atomic mass is 35.5. The number of hydrogen-bond donors (Lipinski definition) is 2. The van der Waals surface area contributed by atoms with Crippen LogP contribution in [0.4, 0.5) is 21.9 Å². The lowest BCUT2D eigenvalue weighted by molar-refractivity contribution is 0.187. The number of carbonyl (C=O) groups is 1. The maximum Gasteiger partial charge on any atom is 0.411 e. The molecule has 0 aliphatic carbocycles. The van der Waals surface area contributed by atoms with Gasteiger partial charge in [-0.2, -0.15) is 0 Å². The molecule has 0 radical (unpaired) electrons. The molecule has 20 heavy (non-hydrogen) atoms. The van der Waals surface area contributed by atoms with Gasteiger partial charge in [0.2, 0.25) is 0 Å². The Kier molecular flexibility index (Phi) is 4.71. The van der Waals surface area contributed by atoms with Gasteiger partial charge in [-0.3, -0.25) is 5.32 Å². The van der Waals surface area contributed by atoms with Crippen LogP contribution in [0.5, 0.6) is 0 Å². The third kappa shape index (κ3) is 4.05. The number of hydrogen-bond acceptors (Lipinski definition) is 3. The van der Waals surface area contributed by atoms with E-state index in [2.05, 4.69) is 15.4 Å². The van der Waals surface area contributed by atoms with Crippen molar-refractivity contribution < 1.29 is 9.53 Å². The van der Waals surface area contributed by atoms with E-state index in [4.69, 9.17) is 23.2 Å². The Morgan fingerprint density at radius 1 is 0.950 bits per heavy atom. The Bertz CT molecular complexity index is 595. The van der Waals surface area contributed by atoms with Crippen molar-refractivity contribution in [3.8, 4) is 0 Å². The van der Waals surface area contributed by atoms with Crippen molar-refractivity contribution in [3.05, 3.63) is 52.5 Å². The zero-order valence-corrected chi connectivity index (χ0v) is 12.1. The monoisotopic (exact) mass is 310 g/mol. The average molecular weight is 311 g/mol. The van der Waals surface area contributed by atoms with E-state index < -0.39 is 6.09 Å². The first-order valence-electron chi connectivity index (χ1n) is 5.75. The molecule has 6 heteroatoms. The maximum atomic E-state index is 11.1. The molecule has 0 unspecified atom stereocenters. The molecule has 1 amide bonds. The second-order valence-corrected chi connectivity index (χ2v) is 4.85. The molecule has 2 aromatic carbocycles. The smallest absolute Gasteiger partial charge is 0.411 e. The highest BCUT2D eigenvalue weighted by Gasteiger charge is 2.02. The molecule has 104 valence electrons. The Labute approximate surface area is 126 Å². The zero-order valence-electron chi connectivity index (χ0n) is 10.6. The van der Waals surface area contributed by atoms with Gasteiger partial charge in [-0.1, -0.05) is 23.2 Å². The van der Waals surface area contributed by atoms with Gasteiger partial charge in [0.05, 0.1) is 7.11 Å². The van der Waals surface area contributed by atoms with Crippen molar-refractivity contribution in [2.24, 2.45) is 0 Å². The minimum absolute atomic E-state index is 0.507. The molecule has 0 fully saturated rings. The third-order valence-electron chi connectivity index (χ3n) is 2.47. The number of carbonyl (C=O) groups excluding carboxylic acids is 1. The number of rotatable bonds is 3. The fourth-order valence-electron chi connectivity index (χ4n) is 1.60. The van der Waals surface area contributed by atoms with E-state index in [1.54, 1.807) is 30.3 Å². The summed E-state index contributed by atoms with van der Waals surface area (Å²) >= 11 is 11.9. The number of benzene rings is 2. The molecule has 0 saturated heterocycles. The number of ether oxygens (including phenoxy) is 1. The van der Waals surface area contributed by atoms with Gasteiger partial charge in [0.1, 0.15) is 0 Å². The molecule has 0 spiro atoms. The van der Waals surface area contributed by atoms with Crippen LogP contribution in [0.1, 0.15) is 0 Å². The SMILES string of the molecule is COC(=O)Nc1ccc(Nc2cc(Cl)cc(Cl)c2)cc1. The van der Waals surface area contributed by atoms with Gasteiger partial charge in [-0.15, -0.1) is 0 Å². The van der Waals surface area contributed by atoms with Crippen molar-refractivity contribution in [3.63, 3.8) is 0 Å². The third-order valence-corrected chi connectivity index (χ3v) is 2.90. The van der Waals surface area contributed by atoms with Crippen molar-refractivity contribution in [1.82, 2.24) is 0 Å². The summed E-state index contributed by atoms with van der Waals surface area (Å²) in [6.45, 7) is 0. The number of methoxy groups -OCH3 is 1. The minimum Gasteiger partial charge on any atom is -0.453 e. The molecular weight excluding hydrogens is 299 g/mol. The number of anilines is 3. The van der Waals surface area contributed by atoms with Crippen LogP contribution in [0.2, 0.25) is 10.0 Å². The Balaban J connectivity index is 2.08. The summed E-state index contributed by atoms with van der Waals surface area (Å²) in [5.74, 6) is 0. The lowest BCUT2D eigenvalue weighted by atomic mass is 10.2. The predicted octanol–water partition coefficient (Wildman–Crippen LogP) is 4.92. The van der Waals surface area contributed by atoms with Gasteiger partial charge in [0.25, 0.3) is 0 Å². The molecule has 0 bridgehead atoms. The predicted molar refractivity (Wildman–Crippen MR) is 82.2 cm³/mol. The summed E-state index contributed by atoms with van der Waals surface area (Å²) in [6, 6.07) is 12.4. The van der Waals surface area contributed by atoms with Gasteiger partial charge in [-0.25, -0.2) is 4.79 Å². The van der Waals surface area contributed by atoms with E-state index in [0.717, 1.165) is 11.4 Å². The van der Waals surface area contributed by atoms with Gasteiger partial charge in [0.15, 0.2) is 0 Å². The summed E-state index contributed by atoms with van der Waals surface area (Å²) in [7, 11) is 1.31. The van der Waals surface area contributed by atoms with Crippen LogP contribution in [-0.4, -0.2) is 13.2 Å². The largest absolute Gasteiger partial charge is 0.453 e. The van der Waals surface area contributed by atoms with Gasteiger partial charge in [-0.05, 0) is 42.5 Å². The van der Waals surface area contributed by atoms with Crippen LogP contribution in [0.15, 0.2) is 42.5 Å². The molecule has 0 aromatic heterocycles. The summed E-state index contributed by atoms with van der Waals surface area (Å²) in [6.07, 6.45) is -0.507. The number of amides is 1. The molecule has 0 aliphatic heterocycles. The first-order valence-corrected chi connectivity index (χ1v) is 6.50. The molecule has 0 aliphatic rings. The Hall–Kier alpha value is -1.91. The van der Waals surface area contributed by atoms with E-state index >= 15 is 0 Å².